The maximum atomic E-state index is 11.7. The maximum absolute atomic E-state index is 11.7. The van der Waals surface area contributed by atoms with Crippen molar-refractivity contribution in [3.05, 3.63) is 17.0 Å². The van der Waals surface area contributed by atoms with Crippen molar-refractivity contribution in [2.24, 2.45) is 0 Å². The van der Waals surface area contributed by atoms with Gasteiger partial charge in [0.05, 0.1) is 6.61 Å². The molecule has 0 bridgehead atoms. The fourth-order valence-corrected chi connectivity index (χ4v) is 1.43. The Labute approximate surface area is 94.2 Å². The number of ether oxygens (including phenoxy) is 1. The van der Waals surface area contributed by atoms with Crippen LogP contribution in [0.25, 0.3) is 0 Å². The van der Waals surface area contributed by atoms with E-state index in [-0.39, 0.29) is 23.6 Å². The van der Waals surface area contributed by atoms with E-state index in [0.717, 1.165) is 6.42 Å². The number of ketones is 1. The molecule has 0 unspecified atom stereocenters. The van der Waals surface area contributed by atoms with E-state index in [1.54, 1.807) is 13.8 Å². The topological polar surface area (TPSA) is 72.0 Å². The van der Waals surface area contributed by atoms with E-state index in [2.05, 4.69) is 10.2 Å². The Morgan fingerprint density at radius 3 is 2.62 bits per heavy atom. The van der Waals surface area contributed by atoms with Crippen LogP contribution >= 0.6 is 0 Å². The first-order chi connectivity index (χ1) is 7.61. The van der Waals surface area contributed by atoms with Gasteiger partial charge in [0.25, 0.3) is 0 Å². The second-order valence-electron chi connectivity index (χ2n) is 3.47. The number of nitrogens with one attached hydrogen (secondary N) is 1. The normalized spacial score (nSPS) is 10.2. The summed E-state index contributed by atoms with van der Waals surface area (Å²) in [6.07, 6.45) is 1.11. The minimum absolute atomic E-state index is 0.130. The zero-order chi connectivity index (χ0) is 12.1. The van der Waals surface area contributed by atoms with E-state index in [1.807, 2.05) is 6.92 Å². The SMILES string of the molecule is CCCC(=O)c1n[nH]c(C)c1C(=O)OCC. The third kappa shape index (κ3) is 2.48. The number of esters is 1. The second kappa shape index (κ2) is 5.44. The van der Waals surface area contributed by atoms with Crippen LogP contribution in [-0.2, 0) is 4.74 Å². The Balaban J connectivity index is 3.02. The van der Waals surface area contributed by atoms with Crippen molar-refractivity contribution < 1.29 is 14.3 Å². The second-order valence-corrected chi connectivity index (χ2v) is 3.47. The van der Waals surface area contributed by atoms with Crippen molar-refractivity contribution in [3.63, 3.8) is 0 Å². The summed E-state index contributed by atoms with van der Waals surface area (Å²) in [6.45, 7) is 5.61. The molecule has 0 aliphatic rings. The van der Waals surface area contributed by atoms with Crippen LogP contribution in [0.1, 0.15) is 53.2 Å². The molecule has 16 heavy (non-hydrogen) atoms. The third-order valence-electron chi connectivity index (χ3n) is 2.17. The van der Waals surface area contributed by atoms with Gasteiger partial charge < -0.3 is 4.74 Å². The van der Waals surface area contributed by atoms with Crippen LogP contribution in [-0.4, -0.2) is 28.6 Å². The van der Waals surface area contributed by atoms with Gasteiger partial charge in [0.1, 0.15) is 11.3 Å². The van der Waals surface area contributed by atoms with Crippen LogP contribution in [0.2, 0.25) is 0 Å². The highest BCUT2D eigenvalue weighted by Crippen LogP contribution is 2.14. The van der Waals surface area contributed by atoms with Crippen LogP contribution in [0, 0.1) is 6.92 Å². The van der Waals surface area contributed by atoms with Crippen LogP contribution < -0.4 is 0 Å². The molecule has 88 valence electrons. The number of aromatic amines is 1. The van der Waals surface area contributed by atoms with E-state index in [0.29, 0.717) is 12.1 Å². The molecule has 1 rings (SSSR count). The van der Waals surface area contributed by atoms with E-state index in [4.69, 9.17) is 4.74 Å². The van der Waals surface area contributed by atoms with Crippen molar-refractivity contribution >= 4 is 11.8 Å². The third-order valence-corrected chi connectivity index (χ3v) is 2.17. The van der Waals surface area contributed by atoms with Crippen molar-refractivity contribution in [3.8, 4) is 0 Å². The molecule has 0 radical (unpaired) electrons. The molecular formula is C11H16N2O3. The molecule has 0 saturated heterocycles. The van der Waals surface area contributed by atoms with Crippen molar-refractivity contribution in [2.75, 3.05) is 6.61 Å². The number of hydrogen-bond donors (Lipinski definition) is 1. The van der Waals surface area contributed by atoms with Crippen molar-refractivity contribution in [2.45, 2.75) is 33.6 Å². The van der Waals surface area contributed by atoms with E-state index >= 15 is 0 Å². The van der Waals surface area contributed by atoms with Gasteiger partial charge in [-0.1, -0.05) is 6.92 Å². The first-order valence-corrected chi connectivity index (χ1v) is 5.37. The summed E-state index contributed by atoms with van der Waals surface area (Å²) in [6, 6.07) is 0. The molecule has 0 fully saturated rings. The van der Waals surface area contributed by atoms with Gasteiger partial charge in [-0.3, -0.25) is 9.89 Å². The standard InChI is InChI=1S/C11H16N2O3/c1-4-6-8(14)10-9(7(3)12-13-10)11(15)16-5-2/h4-6H2,1-3H3,(H,12,13). The largest absolute Gasteiger partial charge is 0.462 e. The van der Waals surface area contributed by atoms with Crippen molar-refractivity contribution in [1.82, 2.24) is 10.2 Å². The molecule has 5 heteroatoms. The fourth-order valence-electron chi connectivity index (χ4n) is 1.43. The molecule has 0 saturated carbocycles. The van der Waals surface area contributed by atoms with Crippen molar-refractivity contribution in [1.29, 1.82) is 0 Å². The molecule has 1 aromatic rings. The van der Waals surface area contributed by atoms with Crippen LogP contribution in [0.3, 0.4) is 0 Å². The Morgan fingerprint density at radius 1 is 1.38 bits per heavy atom. The number of Topliss-reactive ketones (excluding diaryl/α,β-unsaturated/α-hetero) is 1. The molecule has 0 aliphatic carbocycles. The molecule has 1 N–H and O–H groups in total. The summed E-state index contributed by atoms with van der Waals surface area (Å²) >= 11 is 0. The number of aromatic nitrogens is 2. The number of aryl methyl sites for hydroxylation is 1. The highest BCUT2D eigenvalue weighted by atomic mass is 16.5. The number of H-pyrrole nitrogens is 1. The number of nitrogens with zero attached hydrogens (tertiary/aromatic N) is 1. The lowest BCUT2D eigenvalue weighted by molar-refractivity contribution is 0.0522. The molecule has 1 aromatic heterocycles. The van der Waals surface area contributed by atoms with Gasteiger partial charge in [-0.2, -0.15) is 5.10 Å². The van der Waals surface area contributed by atoms with Gasteiger partial charge in [0.2, 0.25) is 0 Å². The summed E-state index contributed by atoms with van der Waals surface area (Å²) in [7, 11) is 0. The van der Waals surface area contributed by atoms with Gasteiger partial charge in [-0.25, -0.2) is 4.79 Å². The molecular weight excluding hydrogens is 208 g/mol. The molecule has 0 aromatic carbocycles. The average molecular weight is 224 g/mol. The summed E-state index contributed by atoms with van der Waals surface area (Å²) in [5, 5.41) is 6.51. The highest BCUT2D eigenvalue weighted by molar-refractivity contribution is 6.05. The lowest BCUT2D eigenvalue weighted by Crippen LogP contribution is -2.11. The quantitative estimate of drug-likeness (QED) is 0.612. The summed E-state index contributed by atoms with van der Waals surface area (Å²) in [4.78, 5) is 23.3. The van der Waals surface area contributed by atoms with Gasteiger partial charge in [-0.05, 0) is 20.3 Å². The predicted octanol–water partition coefficient (Wildman–Crippen LogP) is 1.88. The smallest absolute Gasteiger partial charge is 0.342 e. The summed E-state index contributed by atoms with van der Waals surface area (Å²) in [5.41, 5.74) is 1.02. The minimum Gasteiger partial charge on any atom is -0.462 e. The van der Waals surface area contributed by atoms with Gasteiger partial charge in [0, 0.05) is 12.1 Å². The zero-order valence-electron chi connectivity index (χ0n) is 9.79. The van der Waals surface area contributed by atoms with Crippen LogP contribution in [0.15, 0.2) is 0 Å². The Bertz CT molecular complexity index is 396. The molecule has 0 atom stereocenters. The lowest BCUT2D eigenvalue weighted by atomic mass is 10.1. The molecule has 0 amide bonds. The highest BCUT2D eigenvalue weighted by Gasteiger charge is 2.23. The molecule has 5 nitrogen and oxygen atoms in total. The first kappa shape index (κ1) is 12.4. The molecule has 1 heterocycles. The van der Waals surface area contributed by atoms with E-state index in [1.165, 1.54) is 0 Å². The van der Waals surface area contributed by atoms with E-state index < -0.39 is 5.97 Å². The number of carbonyl (C=O) groups excluding carboxylic acids is 2. The average Bonchev–Trinajstić information content (AvgIpc) is 2.61. The fraction of sp³-hybridized carbons (Fsp3) is 0.545. The minimum atomic E-state index is -0.492. The molecule has 0 spiro atoms. The summed E-state index contributed by atoms with van der Waals surface area (Å²) < 4.78 is 4.88. The summed E-state index contributed by atoms with van der Waals surface area (Å²) in [5.74, 6) is -0.622. The Morgan fingerprint density at radius 2 is 2.06 bits per heavy atom. The maximum Gasteiger partial charge on any atom is 0.342 e. The zero-order valence-corrected chi connectivity index (χ0v) is 9.79. The van der Waals surface area contributed by atoms with Crippen LogP contribution in [0.5, 0.6) is 0 Å². The van der Waals surface area contributed by atoms with Crippen LogP contribution in [0.4, 0.5) is 0 Å². The number of hydrogen-bond acceptors (Lipinski definition) is 4. The Hall–Kier alpha value is -1.65. The lowest BCUT2D eigenvalue weighted by Gasteiger charge is -2.02. The van der Waals surface area contributed by atoms with E-state index in [9.17, 15) is 9.59 Å². The Kier molecular flexibility index (Phi) is 4.22. The first-order valence-electron chi connectivity index (χ1n) is 5.37. The van der Waals surface area contributed by atoms with Gasteiger partial charge >= 0.3 is 5.97 Å². The van der Waals surface area contributed by atoms with Gasteiger partial charge in [0.15, 0.2) is 5.78 Å². The molecule has 0 aliphatic heterocycles. The predicted molar refractivity (Wildman–Crippen MR) is 58.5 cm³/mol. The van der Waals surface area contributed by atoms with Gasteiger partial charge in [-0.15, -0.1) is 0 Å². The monoisotopic (exact) mass is 224 g/mol. The number of carbonyl (C=O) groups is 2. The number of rotatable bonds is 5.